The van der Waals surface area contributed by atoms with E-state index in [2.05, 4.69) is 76.7 Å². The number of hydrogen-bond donors (Lipinski definition) is 1. The number of pyridine rings is 1. The van der Waals surface area contributed by atoms with E-state index in [1.165, 1.54) is 32.1 Å². The maximum absolute atomic E-state index is 9.38. The van der Waals surface area contributed by atoms with E-state index in [-0.39, 0.29) is 6.61 Å². The highest BCUT2D eigenvalue weighted by atomic mass is 35.5. The molecule has 10 heteroatoms. The Morgan fingerprint density at radius 2 is 1.57 bits per heavy atom. The zero-order valence-electron chi connectivity index (χ0n) is 31.9. The van der Waals surface area contributed by atoms with Gasteiger partial charge < -0.3 is 29.0 Å². The second-order valence-electron chi connectivity index (χ2n) is 14.1. The summed E-state index contributed by atoms with van der Waals surface area (Å²) in [7, 11) is 0. The van der Waals surface area contributed by atoms with Crippen LogP contribution in [0.15, 0.2) is 108 Å². The molecular weight excluding hydrogens is 722 g/mol. The van der Waals surface area contributed by atoms with Gasteiger partial charge in [-0.3, -0.25) is 4.98 Å². The molecule has 9 nitrogen and oxygen atoms in total. The fraction of sp³-hybridized carbons (Fsp3) is 0.283. The summed E-state index contributed by atoms with van der Waals surface area (Å²) in [6.45, 7) is 9.90. The number of hydrogen-bond acceptors (Lipinski definition) is 9. The van der Waals surface area contributed by atoms with Crippen molar-refractivity contribution in [1.29, 1.82) is 5.26 Å². The van der Waals surface area contributed by atoms with Gasteiger partial charge in [0.1, 0.15) is 36.5 Å². The number of nitriles is 1. The second-order valence-corrected chi connectivity index (χ2v) is 14.5. The number of halogens is 1. The zero-order valence-corrected chi connectivity index (χ0v) is 32.6. The topological polar surface area (TPSA) is 106 Å². The standard InChI is InChI=1S/C46H46ClN5O4/c1-32-37(13-8-14-40(32)41-15-9-16-43(33(41)2)53-20-10-19-52-17-6-7-18-52)31-55-46-24-44(54-30-35-21-34(25-48)26-49-27-35)38(22-42(46)47)28-50-29-39-23-45(56-51-39)36-11-4-3-5-12-36/h3-5,8-9,11-16,21-24,26-27,50H,6-7,10,17-20,28-31H2,1-2H3. The van der Waals surface area contributed by atoms with Crippen LogP contribution in [0.1, 0.15) is 58.3 Å². The summed E-state index contributed by atoms with van der Waals surface area (Å²) in [5, 5.41) is 17.5. The first-order valence-corrected chi connectivity index (χ1v) is 19.5. The normalized spacial score (nSPS) is 12.8. The number of rotatable bonds is 17. The van der Waals surface area contributed by atoms with Gasteiger partial charge in [0.2, 0.25) is 0 Å². The van der Waals surface area contributed by atoms with Crippen molar-refractivity contribution in [1.82, 2.24) is 20.4 Å². The van der Waals surface area contributed by atoms with Crippen LogP contribution in [0.4, 0.5) is 0 Å². The first-order valence-electron chi connectivity index (χ1n) is 19.1. The molecule has 0 spiro atoms. The molecule has 4 aromatic carbocycles. The molecule has 0 aliphatic carbocycles. The highest BCUT2D eigenvalue weighted by Crippen LogP contribution is 2.36. The summed E-state index contributed by atoms with van der Waals surface area (Å²) in [5.74, 6) is 2.74. The fourth-order valence-corrected chi connectivity index (χ4v) is 7.27. The van der Waals surface area contributed by atoms with E-state index in [4.69, 9.17) is 30.3 Å². The van der Waals surface area contributed by atoms with Crippen molar-refractivity contribution in [3.63, 3.8) is 0 Å². The molecule has 2 aromatic heterocycles. The van der Waals surface area contributed by atoms with Crippen molar-refractivity contribution in [2.45, 2.75) is 59.4 Å². The molecule has 0 unspecified atom stereocenters. The fourth-order valence-electron chi connectivity index (χ4n) is 7.03. The van der Waals surface area contributed by atoms with Crippen LogP contribution in [0.5, 0.6) is 17.2 Å². The van der Waals surface area contributed by atoms with Gasteiger partial charge in [0.25, 0.3) is 0 Å². The van der Waals surface area contributed by atoms with Crippen LogP contribution in [0.3, 0.4) is 0 Å². The Morgan fingerprint density at radius 1 is 0.786 bits per heavy atom. The molecule has 0 radical (unpaired) electrons. The molecule has 1 fully saturated rings. The van der Waals surface area contributed by atoms with Gasteiger partial charge in [-0.1, -0.05) is 77.4 Å². The Hall–Kier alpha value is -5.66. The molecule has 6 aromatic rings. The average molecular weight is 768 g/mol. The Kier molecular flexibility index (Phi) is 13.0. The summed E-state index contributed by atoms with van der Waals surface area (Å²) < 4.78 is 24.6. The van der Waals surface area contributed by atoms with E-state index < -0.39 is 0 Å². The lowest BCUT2D eigenvalue weighted by Gasteiger charge is -2.18. The molecule has 1 N–H and O–H groups in total. The van der Waals surface area contributed by atoms with Gasteiger partial charge in [-0.05, 0) is 92.2 Å². The van der Waals surface area contributed by atoms with Crippen molar-refractivity contribution in [2.24, 2.45) is 0 Å². The molecule has 1 aliphatic rings. The number of nitrogens with zero attached hydrogens (tertiary/aromatic N) is 4. The van der Waals surface area contributed by atoms with Crippen molar-refractivity contribution in [3.05, 3.63) is 147 Å². The van der Waals surface area contributed by atoms with E-state index >= 15 is 0 Å². The maximum atomic E-state index is 9.38. The third-order valence-electron chi connectivity index (χ3n) is 10.2. The maximum Gasteiger partial charge on any atom is 0.167 e. The van der Waals surface area contributed by atoms with Gasteiger partial charge in [0.15, 0.2) is 5.76 Å². The van der Waals surface area contributed by atoms with E-state index in [0.717, 1.165) is 68.9 Å². The second kappa shape index (κ2) is 18.8. The summed E-state index contributed by atoms with van der Waals surface area (Å²) >= 11 is 6.89. The molecule has 56 heavy (non-hydrogen) atoms. The molecule has 0 saturated carbocycles. The van der Waals surface area contributed by atoms with E-state index in [0.29, 0.717) is 54.1 Å². The Labute approximate surface area is 333 Å². The third kappa shape index (κ3) is 9.76. The number of aromatic nitrogens is 2. The van der Waals surface area contributed by atoms with Crippen LogP contribution in [-0.4, -0.2) is 41.3 Å². The van der Waals surface area contributed by atoms with Gasteiger partial charge in [-0.2, -0.15) is 5.26 Å². The first kappa shape index (κ1) is 38.6. The lowest BCUT2D eigenvalue weighted by Crippen LogP contribution is -2.22. The van der Waals surface area contributed by atoms with Crippen LogP contribution in [0.2, 0.25) is 5.02 Å². The average Bonchev–Trinajstić information content (AvgIpc) is 3.93. The highest BCUT2D eigenvalue weighted by molar-refractivity contribution is 6.32. The molecule has 1 saturated heterocycles. The molecule has 0 atom stereocenters. The lowest BCUT2D eigenvalue weighted by atomic mass is 9.93. The number of likely N-dealkylation sites (tertiary alicyclic amines) is 1. The largest absolute Gasteiger partial charge is 0.493 e. The minimum atomic E-state index is 0.210. The SMILES string of the molecule is Cc1c(COc2cc(OCc3cncc(C#N)c3)c(CNCc3cc(-c4ccccc4)on3)cc2Cl)cccc1-c1cccc(OCCCN2CCCC2)c1C. The molecule has 0 bridgehead atoms. The third-order valence-corrected chi connectivity index (χ3v) is 10.4. The van der Waals surface area contributed by atoms with Crippen LogP contribution >= 0.6 is 11.6 Å². The number of nitrogens with one attached hydrogen (secondary N) is 1. The van der Waals surface area contributed by atoms with Crippen LogP contribution in [-0.2, 0) is 26.3 Å². The minimum absolute atomic E-state index is 0.210. The quantitative estimate of drug-likeness (QED) is 0.0908. The summed E-state index contributed by atoms with van der Waals surface area (Å²) in [6, 6.07) is 32.0. The van der Waals surface area contributed by atoms with E-state index in [1.807, 2.05) is 48.5 Å². The zero-order chi connectivity index (χ0) is 38.7. The monoisotopic (exact) mass is 767 g/mol. The molecule has 1 aliphatic heterocycles. The predicted octanol–water partition coefficient (Wildman–Crippen LogP) is 9.86. The van der Waals surface area contributed by atoms with Gasteiger partial charge in [-0.15, -0.1) is 0 Å². The van der Waals surface area contributed by atoms with E-state index in [9.17, 15) is 5.26 Å². The Balaban J connectivity index is 1.05. The Morgan fingerprint density at radius 3 is 2.39 bits per heavy atom. The van der Waals surface area contributed by atoms with Crippen LogP contribution < -0.4 is 19.5 Å². The summed E-state index contributed by atoms with van der Waals surface area (Å²) in [6.07, 6.45) is 6.85. The van der Waals surface area contributed by atoms with Gasteiger partial charge >= 0.3 is 0 Å². The summed E-state index contributed by atoms with van der Waals surface area (Å²) in [5.41, 5.74) is 9.40. The van der Waals surface area contributed by atoms with Gasteiger partial charge in [0, 0.05) is 60.9 Å². The van der Waals surface area contributed by atoms with Crippen molar-refractivity contribution >= 4 is 11.6 Å². The van der Waals surface area contributed by atoms with Crippen molar-refractivity contribution in [2.75, 3.05) is 26.2 Å². The van der Waals surface area contributed by atoms with Crippen LogP contribution in [0.25, 0.3) is 22.5 Å². The lowest BCUT2D eigenvalue weighted by molar-refractivity contribution is 0.262. The number of ether oxygens (including phenoxy) is 3. The minimum Gasteiger partial charge on any atom is -0.493 e. The highest BCUT2D eigenvalue weighted by Gasteiger charge is 2.17. The molecular formula is C46H46ClN5O4. The molecule has 286 valence electrons. The molecule has 0 amide bonds. The summed E-state index contributed by atoms with van der Waals surface area (Å²) in [4.78, 5) is 6.71. The molecule has 3 heterocycles. The van der Waals surface area contributed by atoms with Gasteiger partial charge in [0.05, 0.1) is 22.9 Å². The van der Waals surface area contributed by atoms with E-state index in [1.54, 1.807) is 12.3 Å². The van der Waals surface area contributed by atoms with Crippen molar-refractivity contribution in [3.8, 4) is 45.8 Å². The predicted molar refractivity (Wildman–Crippen MR) is 219 cm³/mol. The van der Waals surface area contributed by atoms with Crippen LogP contribution in [0, 0.1) is 25.2 Å². The Bertz CT molecular complexity index is 2280. The molecule has 7 rings (SSSR count). The van der Waals surface area contributed by atoms with Gasteiger partial charge in [-0.25, -0.2) is 0 Å². The smallest absolute Gasteiger partial charge is 0.167 e. The first-order chi connectivity index (χ1) is 27.4. The van der Waals surface area contributed by atoms with Crippen molar-refractivity contribution < 1.29 is 18.7 Å². The number of benzene rings is 4.